The van der Waals surface area contributed by atoms with Gasteiger partial charge in [0.2, 0.25) is 0 Å². The van der Waals surface area contributed by atoms with E-state index in [2.05, 4.69) is 58.7 Å². The molecular weight excluding hydrogens is 208 g/mol. The van der Waals surface area contributed by atoms with Gasteiger partial charge < -0.3 is 10.2 Å². The van der Waals surface area contributed by atoms with E-state index in [4.69, 9.17) is 0 Å². The highest BCUT2D eigenvalue weighted by molar-refractivity contribution is 4.85. The summed E-state index contributed by atoms with van der Waals surface area (Å²) in [5.41, 5.74) is 0.583. The Morgan fingerprint density at radius 3 is 1.88 bits per heavy atom. The van der Waals surface area contributed by atoms with Crippen LogP contribution in [0.1, 0.15) is 48.5 Å². The van der Waals surface area contributed by atoms with Crippen molar-refractivity contribution in [1.29, 1.82) is 0 Å². The number of likely N-dealkylation sites (tertiary alicyclic amines) is 1. The molecule has 2 atom stereocenters. The Balaban J connectivity index is 2.39. The Morgan fingerprint density at radius 1 is 1.00 bits per heavy atom. The molecule has 17 heavy (non-hydrogen) atoms. The van der Waals surface area contributed by atoms with Gasteiger partial charge in [-0.3, -0.25) is 0 Å². The molecule has 0 spiro atoms. The second-order valence-electron chi connectivity index (χ2n) is 7.92. The molecule has 0 aromatic rings. The highest BCUT2D eigenvalue weighted by Gasteiger charge is 2.30. The summed E-state index contributed by atoms with van der Waals surface area (Å²) in [6.45, 7) is 21.1. The van der Waals surface area contributed by atoms with Gasteiger partial charge in [-0.15, -0.1) is 0 Å². The molecule has 102 valence electrons. The van der Waals surface area contributed by atoms with E-state index in [0.29, 0.717) is 5.41 Å². The number of nitrogens with one attached hydrogen (secondary N) is 1. The predicted molar refractivity (Wildman–Crippen MR) is 76.3 cm³/mol. The van der Waals surface area contributed by atoms with Crippen molar-refractivity contribution >= 4 is 0 Å². The standard InChI is InChI=1S/C15H32N2/c1-12-8-17(9-13(12)2)11-15(6,7)10-16-14(3,4)5/h12-13,16H,8-11H2,1-7H3. The fourth-order valence-electron chi connectivity index (χ4n) is 2.54. The van der Waals surface area contributed by atoms with Crippen LogP contribution in [0.25, 0.3) is 0 Å². The van der Waals surface area contributed by atoms with Gasteiger partial charge in [0.25, 0.3) is 0 Å². The van der Waals surface area contributed by atoms with Crippen molar-refractivity contribution in [3.05, 3.63) is 0 Å². The van der Waals surface area contributed by atoms with Gasteiger partial charge in [0.1, 0.15) is 0 Å². The van der Waals surface area contributed by atoms with Crippen LogP contribution in [0.15, 0.2) is 0 Å². The van der Waals surface area contributed by atoms with E-state index >= 15 is 0 Å². The van der Waals surface area contributed by atoms with Crippen LogP contribution in [-0.4, -0.2) is 36.6 Å². The molecule has 1 saturated heterocycles. The SMILES string of the molecule is CC1CN(CC(C)(C)CNC(C)(C)C)CC1C. The molecule has 2 heteroatoms. The molecule has 0 radical (unpaired) electrons. The molecule has 2 unspecified atom stereocenters. The average molecular weight is 240 g/mol. The molecular formula is C15H32N2. The lowest BCUT2D eigenvalue weighted by Crippen LogP contribution is -2.46. The van der Waals surface area contributed by atoms with Gasteiger partial charge in [-0.2, -0.15) is 0 Å². The molecule has 1 N–H and O–H groups in total. The van der Waals surface area contributed by atoms with Crippen LogP contribution < -0.4 is 5.32 Å². The Hall–Kier alpha value is -0.0800. The third kappa shape index (κ3) is 5.39. The summed E-state index contributed by atoms with van der Waals surface area (Å²) in [5, 5.41) is 3.63. The lowest BCUT2D eigenvalue weighted by molar-refractivity contribution is 0.185. The van der Waals surface area contributed by atoms with Gasteiger partial charge in [-0.05, 0) is 38.0 Å². The summed E-state index contributed by atoms with van der Waals surface area (Å²) in [4.78, 5) is 2.64. The van der Waals surface area contributed by atoms with Crippen LogP contribution in [0.2, 0.25) is 0 Å². The van der Waals surface area contributed by atoms with Gasteiger partial charge >= 0.3 is 0 Å². The third-order valence-corrected chi connectivity index (χ3v) is 3.81. The highest BCUT2D eigenvalue weighted by Crippen LogP contribution is 2.26. The quantitative estimate of drug-likeness (QED) is 0.812. The van der Waals surface area contributed by atoms with Crippen LogP contribution in [-0.2, 0) is 0 Å². The molecule has 0 amide bonds. The molecule has 1 aliphatic rings. The van der Waals surface area contributed by atoms with Gasteiger partial charge in [-0.25, -0.2) is 0 Å². The number of nitrogens with zero attached hydrogens (tertiary/aromatic N) is 1. The molecule has 2 nitrogen and oxygen atoms in total. The third-order valence-electron chi connectivity index (χ3n) is 3.81. The Morgan fingerprint density at radius 2 is 1.47 bits per heavy atom. The van der Waals surface area contributed by atoms with Crippen molar-refractivity contribution in [2.45, 2.75) is 54.0 Å². The minimum atomic E-state index is 0.225. The van der Waals surface area contributed by atoms with Gasteiger partial charge in [-0.1, -0.05) is 27.7 Å². The van der Waals surface area contributed by atoms with Crippen LogP contribution in [0.5, 0.6) is 0 Å². The maximum atomic E-state index is 3.63. The Labute approximate surface area is 108 Å². The van der Waals surface area contributed by atoms with Crippen LogP contribution >= 0.6 is 0 Å². The molecule has 1 aliphatic heterocycles. The maximum Gasteiger partial charge on any atom is 0.00967 e. The highest BCUT2D eigenvalue weighted by atomic mass is 15.2. The number of hydrogen-bond donors (Lipinski definition) is 1. The number of hydrogen-bond acceptors (Lipinski definition) is 2. The zero-order chi connectivity index (χ0) is 13.3. The molecule has 0 saturated carbocycles. The van der Waals surface area contributed by atoms with E-state index in [0.717, 1.165) is 18.4 Å². The van der Waals surface area contributed by atoms with Crippen molar-refractivity contribution in [2.24, 2.45) is 17.3 Å². The summed E-state index contributed by atoms with van der Waals surface area (Å²) in [5.74, 6) is 1.72. The van der Waals surface area contributed by atoms with Crippen molar-refractivity contribution in [3.63, 3.8) is 0 Å². The first-order chi connectivity index (χ1) is 7.59. The van der Waals surface area contributed by atoms with Crippen LogP contribution in [0, 0.1) is 17.3 Å². The van der Waals surface area contributed by atoms with Crippen LogP contribution in [0.3, 0.4) is 0 Å². The smallest absolute Gasteiger partial charge is 0.00967 e. The van der Waals surface area contributed by atoms with E-state index in [9.17, 15) is 0 Å². The maximum absolute atomic E-state index is 3.63. The largest absolute Gasteiger partial charge is 0.311 e. The normalized spacial score (nSPS) is 27.7. The van der Waals surface area contributed by atoms with Gasteiger partial charge in [0.05, 0.1) is 0 Å². The van der Waals surface area contributed by atoms with Gasteiger partial charge in [0, 0.05) is 31.7 Å². The molecule has 1 rings (SSSR count). The number of rotatable bonds is 4. The first-order valence-electron chi connectivity index (χ1n) is 7.06. The predicted octanol–water partition coefficient (Wildman–Crippen LogP) is 2.99. The lowest BCUT2D eigenvalue weighted by Gasteiger charge is -2.33. The first kappa shape index (κ1) is 15.0. The van der Waals surface area contributed by atoms with Crippen LogP contribution in [0.4, 0.5) is 0 Å². The molecule has 0 aromatic carbocycles. The topological polar surface area (TPSA) is 15.3 Å². The summed E-state index contributed by atoms with van der Waals surface area (Å²) in [7, 11) is 0. The molecule has 0 aromatic heterocycles. The molecule has 1 heterocycles. The fraction of sp³-hybridized carbons (Fsp3) is 1.00. The van der Waals surface area contributed by atoms with E-state index in [1.54, 1.807) is 0 Å². The average Bonchev–Trinajstić information content (AvgIpc) is 2.41. The molecule has 0 bridgehead atoms. The summed E-state index contributed by atoms with van der Waals surface area (Å²) in [6, 6.07) is 0. The van der Waals surface area contributed by atoms with E-state index in [1.807, 2.05) is 0 Å². The molecule has 0 aliphatic carbocycles. The van der Waals surface area contributed by atoms with E-state index < -0.39 is 0 Å². The summed E-state index contributed by atoms with van der Waals surface area (Å²) >= 11 is 0. The summed E-state index contributed by atoms with van der Waals surface area (Å²) < 4.78 is 0. The van der Waals surface area contributed by atoms with Crippen molar-refractivity contribution in [1.82, 2.24) is 10.2 Å². The second kappa shape index (κ2) is 5.27. The lowest BCUT2D eigenvalue weighted by atomic mass is 9.91. The second-order valence-corrected chi connectivity index (χ2v) is 7.92. The fourth-order valence-corrected chi connectivity index (χ4v) is 2.54. The Kier molecular flexibility index (Phi) is 4.65. The van der Waals surface area contributed by atoms with E-state index in [-0.39, 0.29) is 5.54 Å². The summed E-state index contributed by atoms with van der Waals surface area (Å²) in [6.07, 6.45) is 0. The van der Waals surface area contributed by atoms with Crippen molar-refractivity contribution in [2.75, 3.05) is 26.2 Å². The van der Waals surface area contributed by atoms with Gasteiger partial charge in [0.15, 0.2) is 0 Å². The zero-order valence-electron chi connectivity index (χ0n) is 12.9. The minimum absolute atomic E-state index is 0.225. The minimum Gasteiger partial charge on any atom is -0.311 e. The van der Waals surface area contributed by atoms with Crippen molar-refractivity contribution < 1.29 is 0 Å². The van der Waals surface area contributed by atoms with Crippen molar-refractivity contribution in [3.8, 4) is 0 Å². The zero-order valence-corrected chi connectivity index (χ0v) is 12.9. The monoisotopic (exact) mass is 240 g/mol. The van der Waals surface area contributed by atoms with E-state index in [1.165, 1.54) is 19.6 Å². The first-order valence-corrected chi connectivity index (χ1v) is 7.06. The Bertz CT molecular complexity index is 230. The molecule has 1 fully saturated rings.